The van der Waals surface area contributed by atoms with Gasteiger partial charge in [-0.25, -0.2) is 4.79 Å². The molecule has 0 unspecified atom stereocenters. The van der Waals surface area contributed by atoms with Gasteiger partial charge in [-0.2, -0.15) is 5.26 Å². The number of fused-ring (bicyclic) bond motifs is 1. The Hall–Kier alpha value is -2.75. The third-order valence-electron chi connectivity index (χ3n) is 5.68. The second kappa shape index (κ2) is 7.94. The van der Waals surface area contributed by atoms with Gasteiger partial charge in [0.1, 0.15) is 5.75 Å². The third kappa shape index (κ3) is 3.64. The standard InChI is InChI=1S/C22H22ClN3O3/c1-29-21-11-15(2-8-18(21)23)13-25-20-10-14(12-24)3-9-19(20)26(22(25)28)16-4-6-17(27)7-5-16/h2-3,8-11,16-17,27H,4-7,13H2,1H3. The number of aliphatic hydroxyl groups is 1. The lowest BCUT2D eigenvalue weighted by molar-refractivity contribution is 0.110. The molecule has 6 nitrogen and oxygen atoms in total. The van der Waals surface area contributed by atoms with Crippen LogP contribution in [0.15, 0.2) is 41.2 Å². The number of ether oxygens (including phenoxy) is 1. The molecule has 1 heterocycles. The molecule has 0 radical (unpaired) electrons. The van der Waals surface area contributed by atoms with Crippen molar-refractivity contribution in [3.63, 3.8) is 0 Å². The summed E-state index contributed by atoms with van der Waals surface area (Å²) in [5.41, 5.74) is 2.83. The third-order valence-corrected chi connectivity index (χ3v) is 5.99. The van der Waals surface area contributed by atoms with E-state index in [0.29, 0.717) is 35.7 Å². The number of hydrogen-bond acceptors (Lipinski definition) is 4. The van der Waals surface area contributed by atoms with Crippen molar-refractivity contribution in [3.8, 4) is 11.8 Å². The maximum atomic E-state index is 13.4. The normalized spacial score (nSPS) is 19.2. The quantitative estimate of drug-likeness (QED) is 0.706. The average Bonchev–Trinajstić information content (AvgIpc) is 3.00. The number of nitrogens with zero attached hydrogens (tertiary/aromatic N) is 3. The van der Waals surface area contributed by atoms with Crippen LogP contribution in [0.3, 0.4) is 0 Å². The predicted molar refractivity (Wildman–Crippen MR) is 112 cm³/mol. The van der Waals surface area contributed by atoms with E-state index in [-0.39, 0.29) is 17.8 Å². The molecule has 0 spiro atoms. The predicted octanol–water partition coefficient (Wildman–Crippen LogP) is 3.86. The van der Waals surface area contributed by atoms with Crippen molar-refractivity contribution in [2.45, 2.75) is 44.4 Å². The van der Waals surface area contributed by atoms with Gasteiger partial charge in [-0.05, 0) is 61.6 Å². The van der Waals surface area contributed by atoms with Gasteiger partial charge in [0.05, 0.1) is 47.4 Å². The Bertz CT molecular complexity index is 1150. The molecule has 1 aliphatic carbocycles. The summed E-state index contributed by atoms with van der Waals surface area (Å²) in [6, 6.07) is 13.0. The zero-order chi connectivity index (χ0) is 20.5. The lowest BCUT2D eigenvalue weighted by Gasteiger charge is -2.26. The molecule has 1 fully saturated rings. The summed E-state index contributed by atoms with van der Waals surface area (Å²) < 4.78 is 8.82. The van der Waals surface area contributed by atoms with E-state index in [2.05, 4.69) is 6.07 Å². The van der Waals surface area contributed by atoms with E-state index in [1.54, 1.807) is 29.9 Å². The Labute approximate surface area is 173 Å². The van der Waals surface area contributed by atoms with Crippen molar-refractivity contribution in [2.75, 3.05) is 7.11 Å². The van der Waals surface area contributed by atoms with Gasteiger partial charge in [-0.3, -0.25) is 9.13 Å². The molecule has 0 saturated heterocycles. The van der Waals surface area contributed by atoms with E-state index in [9.17, 15) is 15.2 Å². The van der Waals surface area contributed by atoms with Gasteiger partial charge in [0.2, 0.25) is 0 Å². The van der Waals surface area contributed by atoms with E-state index in [1.807, 2.05) is 22.8 Å². The summed E-state index contributed by atoms with van der Waals surface area (Å²) in [5.74, 6) is 0.555. The molecule has 3 aromatic rings. The average molecular weight is 412 g/mol. The van der Waals surface area contributed by atoms with Crippen LogP contribution in [-0.4, -0.2) is 27.5 Å². The second-order valence-corrected chi connectivity index (χ2v) is 7.89. The van der Waals surface area contributed by atoms with Crippen molar-refractivity contribution >= 4 is 22.6 Å². The molecule has 4 rings (SSSR count). The molecule has 29 heavy (non-hydrogen) atoms. The van der Waals surface area contributed by atoms with Crippen LogP contribution in [0.4, 0.5) is 0 Å². The van der Waals surface area contributed by atoms with Crippen LogP contribution in [0.1, 0.15) is 42.9 Å². The van der Waals surface area contributed by atoms with Crippen LogP contribution in [0.25, 0.3) is 11.0 Å². The topological polar surface area (TPSA) is 80.2 Å². The van der Waals surface area contributed by atoms with E-state index in [1.165, 1.54) is 0 Å². The Balaban J connectivity index is 1.83. The van der Waals surface area contributed by atoms with Crippen LogP contribution >= 0.6 is 11.6 Å². The Morgan fingerprint density at radius 1 is 1.17 bits per heavy atom. The van der Waals surface area contributed by atoms with Gasteiger partial charge in [0, 0.05) is 6.04 Å². The lowest BCUT2D eigenvalue weighted by atomic mass is 9.93. The number of aromatic nitrogens is 2. The molecule has 0 bridgehead atoms. The Morgan fingerprint density at radius 3 is 2.62 bits per heavy atom. The van der Waals surface area contributed by atoms with Gasteiger partial charge in [-0.1, -0.05) is 17.7 Å². The molecule has 1 aliphatic rings. The lowest BCUT2D eigenvalue weighted by Crippen LogP contribution is -2.31. The fourth-order valence-corrected chi connectivity index (χ4v) is 4.35. The van der Waals surface area contributed by atoms with Gasteiger partial charge in [0.15, 0.2) is 0 Å². The molecule has 0 atom stereocenters. The SMILES string of the molecule is COc1cc(Cn2c(=O)n(C3CCC(O)CC3)c3ccc(C#N)cc32)ccc1Cl. The van der Waals surface area contributed by atoms with Crippen molar-refractivity contribution in [2.24, 2.45) is 0 Å². The van der Waals surface area contributed by atoms with E-state index in [0.717, 1.165) is 29.4 Å². The van der Waals surface area contributed by atoms with Crippen molar-refractivity contribution in [1.82, 2.24) is 9.13 Å². The molecule has 0 aliphatic heterocycles. The number of benzene rings is 2. The van der Waals surface area contributed by atoms with Crippen LogP contribution in [0, 0.1) is 11.3 Å². The largest absolute Gasteiger partial charge is 0.495 e. The first-order valence-electron chi connectivity index (χ1n) is 9.67. The van der Waals surface area contributed by atoms with Crippen molar-refractivity contribution < 1.29 is 9.84 Å². The first-order valence-corrected chi connectivity index (χ1v) is 10.0. The fraction of sp³-hybridized carbons (Fsp3) is 0.364. The zero-order valence-corrected chi connectivity index (χ0v) is 16.9. The highest BCUT2D eigenvalue weighted by atomic mass is 35.5. The first-order chi connectivity index (χ1) is 14.0. The molecule has 2 aromatic carbocycles. The fourth-order valence-electron chi connectivity index (χ4n) is 4.16. The van der Waals surface area contributed by atoms with Crippen LogP contribution in [0.5, 0.6) is 5.75 Å². The highest BCUT2D eigenvalue weighted by Gasteiger charge is 2.25. The highest BCUT2D eigenvalue weighted by molar-refractivity contribution is 6.32. The van der Waals surface area contributed by atoms with Crippen LogP contribution < -0.4 is 10.4 Å². The minimum atomic E-state index is -0.290. The van der Waals surface area contributed by atoms with Gasteiger partial charge in [-0.15, -0.1) is 0 Å². The molecule has 1 aromatic heterocycles. The maximum Gasteiger partial charge on any atom is 0.329 e. The molecule has 150 valence electrons. The zero-order valence-electron chi connectivity index (χ0n) is 16.1. The molecule has 7 heteroatoms. The highest BCUT2D eigenvalue weighted by Crippen LogP contribution is 2.31. The number of halogens is 1. The van der Waals surface area contributed by atoms with Gasteiger partial charge < -0.3 is 9.84 Å². The summed E-state index contributed by atoms with van der Waals surface area (Å²) >= 11 is 6.13. The second-order valence-electron chi connectivity index (χ2n) is 7.49. The molecular weight excluding hydrogens is 390 g/mol. The van der Waals surface area contributed by atoms with Crippen molar-refractivity contribution in [1.29, 1.82) is 5.26 Å². The molecular formula is C22H22ClN3O3. The van der Waals surface area contributed by atoms with E-state index in [4.69, 9.17) is 16.3 Å². The van der Waals surface area contributed by atoms with Gasteiger partial charge >= 0.3 is 5.69 Å². The summed E-state index contributed by atoms with van der Waals surface area (Å²) in [4.78, 5) is 13.4. The summed E-state index contributed by atoms with van der Waals surface area (Å²) in [5, 5.41) is 19.7. The molecule has 1 saturated carbocycles. The number of aliphatic hydroxyl groups excluding tert-OH is 1. The first kappa shape index (κ1) is 19.6. The minimum absolute atomic E-state index is 0.0438. The van der Waals surface area contributed by atoms with E-state index >= 15 is 0 Å². The van der Waals surface area contributed by atoms with Crippen molar-refractivity contribution in [3.05, 3.63) is 63.0 Å². The Morgan fingerprint density at radius 2 is 1.93 bits per heavy atom. The molecule has 1 N–H and O–H groups in total. The Kier molecular flexibility index (Phi) is 5.35. The van der Waals surface area contributed by atoms with Gasteiger partial charge in [0.25, 0.3) is 0 Å². The maximum absolute atomic E-state index is 13.4. The number of nitriles is 1. The monoisotopic (exact) mass is 411 g/mol. The molecule has 0 amide bonds. The number of rotatable bonds is 4. The summed E-state index contributed by atoms with van der Waals surface area (Å²) in [6.07, 6.45) is 2.61. The summed E-state index contributed by atoms with van der Waals surface area (Å²) in [6.45, 7) is 0.347. The summed E-state index contributed by atoms with van der Waals surface area (Å²) in [7, 11) is 1.56. The number of imidazole rings is 1. The smallest absolute Gasteiger partial charge is 0.329 e. The number of methoxy groups -OCH3 is 1. The minimum Gasteiger partial charge on any atom is -0.495 e. The van der Waals surface area contributed by atoms with E-state index < -0.39 is 0 Å². The van der Waals surface area contributed by atoms with Crippen LogP contribution in [-0.2, 0) is 6.54 Å². The van der Waals surface area contributed by atoms with Crippen LogP contribution in [0.2, 0.25) is 5.02 Å². The number of hydrogen-bond donors (Lipinski definition) is 1.